The van der Waals surface area contributed by atoms with Gasteiger partial charge in [-0.15, -0.1) is 0 Å². The minimum atomic E-state index is 0.664. The molecule has 2 nitrogen and oxygen atoms in total. The van der Waals surface area contributed by atoms with Crippen molar-refractivity contribution in [3.63, 3.8) is 0 Å². The van der Waals surface area contributed by atoms with E-state index in [1.165, 1.54) is 6.08 Å². The molecule has 0 bridgehead atoms. The second-order valence-electron chi connectivity index (χ2n) is 1.27. The number of allylic oxidation sites excluding steroid dienone is 3. The minimum Gasteiger partial charge on any atom is -0.501 e. The van der Waals surface area contributed by atoms with Crippen LogP contribution in [0.4, 0.5) is 0 Å². The summed E-state index contributed by atoms with van der Waals surface area (Å²) in [6, 6.07) is 1.86. The fraction of sp³-hybridized carbons (Fsp3) is 0.286. The minimum absolute atomic E-state index is 0.664. The molecule has 0 atom stereocenters. The first-order valence-corrected chi connectivity index (χ1v) is 2.74. The highest BCUT2D eigenvalue weighted by molar-refractivity contribution is 5.10. The van der Waals surface area contributed by atoms with Crippen LogP contribution in [0.2, 0.25) is 0 Å². The van der Waals surface area contributed by atoms with Crippen LogP contribution in [-0.4, -0.2) is 6.61 Å². The summed E-state index contributed by atoms with van der Waals surface area (Å²) in [5.41, 5.74) is 0. The van der Waals surface area contributed by atoms with Crippen LogP contribution in [0.15, 0.2) is 24.5 Å². The molecular weight excluding hydrogens is 114 g/mol. The van der Waals surface area contributed by atoms with Crippen molar-refractivity contribution in [2.45, 2.75) is 6.92 Å². The van der Waals surface area contributed by atoms with E-state index < -0.39 is 0 Å². The second kappa shape index (κ2) is 6.77. The molecule has 0 aromatic heterocycles. The summed E-state index contributed by atoms with van der Waals surface area (Å²) in [7, 11) is 0. The Labute approximate surface area is 55.1 Å². The normalized spacial score (nSPS) is 10.2. The Morgan fingerprint density at radius 2 is 2.33 bits per heavy atom. The number of ether oxygens (including phenoxy) is 1. The molecule has 0 fully saturated rings. The number of nitriles is 1. The zero-order valence-electron chi connectivity index (χ0n) is 5.37. The average molecular weight is 123 g/mol. The molecule has 0 saturated carbocycles. The van der Waals surface area contributed by atoms with Crippen LogP contribution in [0.25, 0.3) is 0 Å². The molecule has 0 unspecified atom stereocenters. The van der Waals surface area contributed by atoms with Gasteiger partial charge in [-0.2, -0.15) is 5.26 Å². The molecule has 0 aliphatic rings. The number of hydrogen-bond donors (Lipinski definition) is 0. The van der Waals surface area contributed by atoms with Crippen LogP contribution in [-0.2, 0) is 4.74 Å². The molecule has 0 spiro atoms. The first-order valence-electron chi connectivity index (χ1n) is 2.74. The summed E-state index contributed by atoms with van der Waals surface area (Å²) in [4.78, 5) is 0. The summed E-state index contributed by atoms with van der Waals surface area (Å²) in [5.74, 6) is 0. The summed E-state index contributed by atoms with van der Waals surface area (Å²) in [6.45, 7) is 2.56. The van der Waals surface area contributed by atoms with E-state index in [1.807, 2.05) is 13.0 Å². The van der Waals surface area contributed by atoms with Crippen LogP contribution in [0.3, 0.4) is 0 Å². The summed E-state index contributed by atoms with van der Waals surface area (Å²) < 4.78 is 4.84. The van der Waals surface area contributed by atoms with Gasteiger partial charge in [-0.1, -0.05) is 0 Å². The third-order valence-electron chi connectivity index (χ3n) is 0.623. The predicted octanol–water partition coefficient (Wildman–Crippen LogP) is 1.62. The molecule has 9 heavy (non-hydrogen) atoms. The molecule has 48 valence electrons. The van der Waals surface area contributed by atoms with E-state index in [-0.39, 0.29) is 0 Å². The highest BCUT2D eigenvalue weighted by atomic mass is 16.5. The lowest BCUT2D eigenvalue weighted by Crippen LogP contribution is -1.74. The highest BCUT2D eigenvalue weighted by Crippen LogP contribution is 1.77. The van der Waals surface area contributed by atoms with Gasteiger partial charge in [0, 0.05) is 6.08 Å². The molecule has 0 heterocycles. The van der Waals surface area contributed by atoms with E-state index in [0.717, 1.165) is 0 Å². The standard InChI is InChI=1S/C7H9NO/c1-2-9-7-5-3-4-6-8/h3-5,7H,2H2,1H3. The third-order valence-corrected chi connectivity index (χ3v) is 0.623. The molecule has 0 amide bonds. The van der Waals surface area contributed by atoms with Crippen molar-refractivity contribution in [1.82, 2.24) is 0 Å². The molecule has 0 rings (SSSR count). The predicted molar refractivity (Wildman–Crippen MR) is 35.5 cm³/mol. The Morgan fingerprint density at radius 1 is 1.56 bits per heavy atom. The van der Waals surface area contributed by atoms with Gasteiger partial charge >= 0.3 is 0 Å². The van der Waals surface area contributed by atoms with Gasteiger partial charge in [-0.25, -0.2) is 0 Å². The van der Waals surface area contributed by atoms with Crippen LogP contribution in [0, 0.1) is 11.3 Å². The fourth-order valence-electron chi connectivity index (χ4n) is 0.296. The quantitative estimate of drug-likeness (QED) is 0.324. The SMILES string of the molecule is CCOC=CC=CC#N. The maximum Gasteiger partial charge on any atom is 0.0912 e. The van der Waals surface area contributed by atoms with Crippen LogP contribution in [0.1, 0.15) is 6.92 Å². The first-order chi connectivity index (χ1) is 4.41. The van der Waals surface area contributed by atoms with Gasteiger partial charge < -0.3 is 4.74 Å². The summed E-state index contributed by atoms with van der Waals surface area (Å²) in [6.07, 6.45) is 6.23. The highest BCUT2D eigenvalue weighted by Gasteiger charge is 1.64. The van der Waals surface area contributed by atoms with Crippen molar-refractivity contribution in [3.8, 4) is 6.07 Å². The van der Waals surface area contributed by atoms with Crippen LogP contribution in [0.5, 0.6) is 0 Å². The maximum absolute atomic E-state index is 8.01. The molecule has 0 aromatic carbocycles. The lowest BCUT2D eigenvalue weighted by Gasteiger charge is -1.87. The zero-order chi connectivity index (χ0) is 6.95. The molecule has 0 aromatic rings. The summed E-state index contributed by atoms with van der Waals surface area (Å²) >= 11 is 0. The number of nitrogens with zero attached hydrogens (tertiary/aromatic N) is 1. The largest absolute Gasteiger partial charge is 0.501 e. The fourth-order valence-corrected chi connectivity index (χ4v) is 0.296. The Morgan fingerprint density at radius 3 is 2.89 bits per heavy atom. The van der Waals surface area contributed by atoms with Crippen molar-refractivity contribution < 1.29 is 4.74 Å². The van der Waals surface area contributed by atoms with Crippen molar-refractivity contribution >= 4 is 0 Å². The Bertz CT molecular complexity index is 141. The second-order valence-corrected chi connectivity index (χ2v) is 1.27. The maximum atomic E-state index is 8.01. The van der Waals surface area contributed by atoms with E-state index in [2.05, 4.69) is 0 Å². The lowest BCUT2D eigenvalue weighted by atomic mass is 10.5. The molecule has 0 N–H and O–H groups in total. The van der Waals surface area contributed by atoms with Gasteiger partial charge in [-0.05, 0) is 19.1 Å². The topological polar surface area (TPSA) is 33.0 Å². The molecule has 0 aliphatic carbocycles. The van der Waals surface area contributed by atoms with Crippen LogP contribution >= 0.6 is 0 Å². The molecular formula is C7H9NO. The van der Waals surface area contributed by atoms with Crippen LogP contribution < -0.4 is 0 Å². The van der Waals surface area contributed by atoms with E-state index in [4.69, 9.17) is 10.00 Å². The van der Waals surface area contributed by atoms with Crippen molar-refractivity contribution in [2.24, 2.45) is 0 Å². The van der Waals surface area contributed by atoms with Crippen molar-refractivity contribution in [2.75, 3.05) is 6.61 Å². The van der Waals surface area contributed by atoms with Gasteiger partial charge in [0.05, 0.1) is 18.9 Å². The number of rotatable bonds is 3. The van der Waals surface area contributed by atoms with E-state index in [0.29, 0.717) is 6.61 Å². The smallest absolute Gasteiger partial charge is 0.0912 e. The molecule has 0 saturated heterocycles. The Balaban J connectivity index is 3.27. The van der Waals surface area contributed by atoms with E-state index in [1.54, 1.807) is 18.4 Å². The van der Waals surface area contributed by atoms with Gasteiger partial charge in [0.1, 0.15) is 0 Å². The average Bonchev–Trinajstić information content (AvgIpc) is 1.89. The molecule has 2 heteroatoms. The number of hydrogen-bond acceptors (Lipinski definition) is 2. The van der Waals surface area contributed by atoms with Gasteiger partial charge in [-0.3, -0.25) is 0 Å². The van der Waals surface area contributed by atoms with Crippen molar-refractivity contribution in [3.05, 3.63) is 24.5 Å². The lowest BCUT2D eigenvalue weighted by molar-refractivity contribution is 0.269. The van der Waals surface area contributed by atoms with E-state index >= 15 is 0 Å². The van der Waals surface area contributed by atoms with E-state index in [9.17, 15) is 0 Å². The summed E-state index contributed by atoms with van der Waals surface area (Å²) in [5, 5.41) is 8.01. The third kappa shape index (κ3) is 6.77. The van der Waals surface area contributed by atoms with Gasteiger partial charge in [0.2, 0.25) is 0 Å². The monoisotopic (exact) mass is 123 g/mol. The zero-order valence-corrected chi connectivity index (χ0v) is 5.37. The Kier molecular flexibility index (Phi) is 5.84. The first kappa shape index (κ1) is 7.77. The van der Waals surface area contributed by atoms with Gasteiger partial charge in [0.25, 0.3) is 0 Å². The molecule has 0 radical (unpaired) electrons. The van der Waals surface area contributed by atoms with Gasteiger partial charge in [0.15, 0.2) is 0 Å². The molecule has 0 aliphatic heterocycles. The Hall–Kier alpha value is -1.23. The van der Waals surface area contributed by atoms with Crippen molar-refractivity contribution in [1.29, 1.82) is 5.26 Å².